The summed E-state index contributed by atoms with van der Waals surface area (Å²) < 4.78 is 0. The highest BCUT2D eigenvalue weighted by molar-refractivity contribution is 5.95. The third-order valence-electron chi connectivity index (χ3n) is 3.51. The summed E-state index contributed by atoms with van der Waals surface area (Å²) in [7, 11) is 0. The lowest BCUT2D eigenvalue weighted by molar-refractivity contribution is -0.143. The lowest BCUT2D eigenvalue weighted by atomic mass is 9.97. The molecule has 102 valence electrons. The van der Waals surface area contributed by atoms with Gasteiger partial charge in [0.15, 0.2) is 0 Å². The molecule has 1 atom stereocenters. The molecule has 19 heavy (non-hydrogen) atoms. The van der Waals surface area contributed by atoms with Crippen molar-refractivity contribution in [2.75, 3.05) is 13.1 Å². The summed E-state index contributed by atoms with van der Waals surface area (Å²) in [5, 5.41) is 9.05. The van der Waals surface area contributed by atoms with E-state index in [1.807, 2.05) is 6.92 Å². The molecule has 1 aliphatic heterocycles. The van der Waals surface area contributed by atoms with Gasteiger partial charge in [-0.1, -0.05) is 0 Å². The van der Waals surface area contributed by atoms with Crippen LogP contribution in [0.1, 0.15) is 34.6 Å². The summed E-state index contributed by atoms with van der Waals surface area (Å²) in [5.41, 5.74) is 2.13. The van der Waals surface area contributed by atoms with Gasteiger partial charge in [0.2, 0.25) is 0 Å². The van der Waals surface area contributed by atoms with Crippen LogP contribution in [0, 0.1) is 19.8 Å². The van der Waals surface area contributed by atoms with Gasteiger partial charge in [-0.2, -0.15) is 0 Å². The van der Waals surface area contributed by atoms with Crippen molar-refractivity contribution in [2.45, 2.75) is 26.7 Å². The second-order valence-electron chi connectivity index (χ2n) is 5.01. The quantitative estimate of drug-likeness (QED) is 0.879. The Kier molecular flexibility index (Phi) is 3.83. The number of hydrogen-bond donors (Lipinski definition) is 1. The fourth-order valence-corrected chi connectivity index (χ4v) is 2.45. The van der Waals surface area contributed by atoms with Crippen LogP contribution in [-0.2, 0) is 4.79 Å². The van der Waals surface area contributed by atoms with E-state index in [4.69, 9.17) is 5.11 Å². The van der Waals surface area contributed by atoms with Crippen molar-refractivity contribution in [1.82, 2.24) is 9.88 Å². The van der Waals surface area contributed by atoms with E-state index in [0.717, 1.165) is 12.1 Å². The smallest absolute Gasteiger partial charge is 0.308 e. The summed E-state index contributed by atoms with van der Waals surface area (Å²) >= 11 is 0. The topological polar surface area (TPSA) is 70.5 Å². The van der Waals surface area contributed by atoms with Crippen molar-refractivity contribution in [3.8, 4) is 0 Å². The summed E-state index contributed by atoms with van der Waals surface area (Å²) in [6.45, 7) is 4.60. The fraction of sp³-hybridized carbons (Fsp3) is 0.500. The molecule has 1 N–H and O–H groups in total. The number of likely N-dealkylation sites (tertiary alicyclic amines) is 1. The Balaban J connectivity index is 2.17. The Hall–Kier alpha value is -1.91. The van der Waals surface area contributed by atoms with Gasteiger partial charge < -0.3 is 10.0 Å². The Morgan fingerprint density at radius 1 is 1.37 bits per heavy atom. The number of amides is 1. The standard InChI is InChI=1S/C14H18N2O3/c1-9-5-6-12(10(2)15-9)13(17)16-7-3-4-11(8-16)14(18)19/h5-6,11H,3-4,7-8H2,1-2H3,(H,18,19)/t11-/m0/s1. The van der Waals surface area contributed by atoms with Gasteiger partial charge in [-0.15, -0.1) is 0 Å². The van der Waals surface area contributed by atoms with Gasteiger partial charge in [-0.05, 0) is 38.8 Å². The maximum Gasteiger partial charge on any atom is 0.308 e. The van der Waals surface area contributed by atoms with Crippen LogP contribution >= 0.6 is 0 Å². The maximum atomic E-state index is 12.4. The van der Waals surface area contributed by atoms with Gasteiger partial charge in [0.05, 0.1) is 17.2 Å². The molecular weight excluding hydrogens is 244 g/mol. The first kappa shape index (κ1) is 13.5. The van der Waals surface area contributed by atoms with Crippen molar-refractivity contribution in [2.24, 2.45) is 5.92 Å². The van der Waals surface area contributed by atoms with Gasteiger partial charge in [0.25, 0.3) is 5.91 Å². The molecule has 1 aromatic heterocycles. The van der Waals surface area contributed by atoms with Crippen molar-refractivity contribution in [1.29, 1.82) is 0 Å². The average Bonchev–Trinajstić information content (AvgIpc) is 2.38. The monoisotopic (exact) mass is 262 g/mol. The molecule has 0 aromatic carbocycles. The highest BCUT2D eigenvalue weighted by Gasteiger charge is 2.29. The third kappa shape index (κ3) is 2.92. The number of carboxylic acids is 1. The van der Waals surface area contributed by atoms with E-state index < -0.39 is 11.9 Å². The number of pyridine rings is 1. The molecule has 2 heterocycles. The largest absolute Gasteiger partial charge is 0.481 e. The number of carbonyl (C=O) groups excluding carboxylic acids is 1. The van der Waals surface area contributed by atoms with Crippen LogP contribution in [0.2, 0.25) is 0 Å². The predicted octanol–water partition coefficient (Wildman–Crippen LogP) is 1.64. The van der Waals surface area contributed by atoms with Gasteiger partial charge in [-0.3, -0.25) is 14.6 Å². The van der Waals surface area contributed by atoms with E-state index in [1.54, 1.807) is 24.0 Å². The lowest BCUT2D eigenvalue weighted by Gasteiger charge is -2.31. The number of piperidine rings is 1. The van der Waals surface area contributed by atoms with Crippen molar-refractivity contribution < 1.29 is 14.7 Å². The van der Waals surface area contributed by atoms with E-state index in [0.29, 0.717) is 30.8 Å². The SMILES string of the molecule is Cc1ccc(C(=O)N2CCC[C@H](C(=O)O)C2)c(C)n1. The van der Waals surface area contributed by atoms with E-state index >= 15 is 0 Å². The number of carbonyl (C=O) groups is 2. The van der Waals surface area contributed by atoms with Crippen LogP contribution in [0.3, 0.4) is 0 Å². The van der Waals surface area contributed by atoms with Crippen LogP contribution in [0.15, 0.2) is 12.1 Å². The normalized spacial score (nSPS) is 19.3. The Bertz CT molecular complexity index is 513. The van der Waals surface area contributed by atoms with Crippen LogP contribution in [0.25, 0.3) is 0 Å². The molecule has 0 radical (unpaired) electrons. The first-order valence-corrected chi connectivity index (χ1v) is 6.45. The van der Waals surface area contributed by atoms with Crippen LogP contribution < -0.4 is 0 Å². The minimum atomic E-state index is -0.823. The molecule has 5 heteroatoms. The summed E-state index contributed by atoms with van der Waals surface area (Å²) in [6.07, 6.45) is 1.38. The number of rotatable bonds is 2. The molecule has 0 spiro atoms. The Morgan fingerprint density at radius 3 is 2.74 bits per heavy atom. The second-order valence-corrected chi connectivity index (χ2v) is 5.01. The van der Waals surface area contributed by atoms with E-state index in [2.05, 4.69) is 4.98 Å². The number of nitrogens with zero attached hydrogens (tertiary/aromatic N) is 2. The van der Waals surface area contributed by atoms with Crippen LogP contribution in [0.4, 0.5) is 0 Å². The van der Waals surface area contributed by atoms with Gasteiger partial charge >= 0.3 is 5.97 Å². The highest BCUT2D eigenvalue weighted by Crippen LogP contribution is 2.19. The summed E-state index contributed by atoms with van der Waals surface area (Å²) in [4.78, 5) is 29.3. The number of carboxylic acid groups (broad SMARTS) is 1. The van der Waals surface area contributed by atoms with E-state index in [-0.39, 0.29) is 5.91 Å². The van der Waals surface area contributed by atoms with Crippen molar-refractivity contribution in [3.05, 3.63) is 29.1 Å². The van der Waals surface area contributed by atoms with Crippen molar-refractivity contribution in [3.63, 3.8) is 0 Å². The Labute approximate surface area is 112 Å². The minimum Gasteiger partial charge on any atom is -0.481 e. The minimum absolute atomic E-state index is 0.115. The fourth-order valence-electron chi connectivity index (χ4n) is 2.45. The molecule has 1 aromatic rings. The number of aliphatic carboxylic acids is 1. The van der Waals surface area contributed by atoms with E-state index in [1.165, 1.54) is 0 Å². The van der Waals surface area contributed by atoms with Crippen LogP contribution in [-0.4, -0.2) is 40.0 Å². The molecule has 0 bridgehead atoms. The number of hydrogen-bond acceptors (Lipinski definition) is 3. The highest BCUT2D eigenvalue weighted by atomic mass is 16.4. The van der Waals surface area contributed by atoms with Gasteiger partial charge in [0.1, 0.15) is 0 Å². The first-order valence-electron chi connectivity index (χ1n) is 6.45. The number of aromatic nitrogens is 1. The maximum absolute atomic E-state index is 12.4. The first-order chi connectivity index (χ1) is 8.99. The zero-order valence-electron chi connectivity index (χ0n) is 11.2. The average molecular weight is 262 g/mol. The van der Waals surface area contributed by atoms with Gasteiger partial charge in [-0.25, -0.2) is 0 Å². The molecule has 1 saturated heterocycles. The Morgan fingerprint density at radius 2 is 2.11 bits per heavy atom. The summed E-state index contributed by atoms with van der Waals surface area (Å²) in [5.74, 6) is -1.39. The molecule has 0 saturated carbocycles. The lowest BCUT2D eigenvalue weighted by Crippen LogP contribution is -2.42. The molecule has 0 aliphatic carbocycles. The molecule has 2 rings (SSSR count). The van der Waals surface area contributed by atoms with Crippen molar-refractivity contribution >= 4 is 11.9 Å². The number of aryl methyl sites for hydroxylation is 2. The molecule has 5 nitrogen and oxygen atoms in total. The van der Waals surface area contributed by atoms with Crippen LogP contribution in [0.5, 0.6) is 0 Å². The zero-order valence-corrected chi connectivity index (χ0v) is 11.2. The van der Waals surface area contributed by atoms with E-state index in [9.17, 15) is 9.59 Å². The molecule has 1 aliphatic rings. The predicted molar refractivity (Wildman–Crippen MR) is 70.0 cm³/mol. The third-order valence-corrected chi connectivity index (χ3v) is 3.51. The zero-order chi connectivity index (χ0) is 14.0. The molecular formula is C14H18N2O3. The second kappa shape index (κ2) is 5.38. The molecule has 1 amide bonds. The molecule has 1 fully saturated rings. The van der Waals surface area contributed by atoms with Gasteiger partial charge in [0, 0.05) is 18.8 Å². The summed E-state index contributed by atoms with van der Waals surface area (Å²) in [6, 6.07) is 3.57. The molecule has 0 unspecified atom stereocenters.